The maximum absolute atomic E-state index is 5.70. The highest BCUT2D eigenvalue weighted by Gasteiger charge is 2.38. The number of ether oxygens (including phenoxy) is 3. The highest BCUT2D eigenvalue weighted by Crippen LogP contribution is 2.27. The second-order valence-corrected chi connectivity index (χ2v) is 3.15. The summed E-state index contributed by atoms with van der Waals surface area (Å²) in [4.78, 5) is 0. The lowest BCUT2D eigenvalue weighted by atomic mass is 9.89. The normalized spacial score (nSPS) is 41.9. The molecule has 0 spiro atoms. The highest BCUT2D eigenvalue weighted by molar-refractivity contribution is 6.11. The lowest BCUT2D eigenvalue weighted by Gasteiger charge is -2.17. The van der Waals surface area contributed by atoms with E-state index in [9.17, 15) is 0 Å². The van der Waals surface area contributed by atoms with Crippen molar-refractivity contribution in [2.24, 2.45) is 5.92 Å². The second kappa shape index (κ2) is 4.26. The van der Waals surface area contributed by atoms with E-state index in [1.165, 1.54) is 0 Å². The van der Waals surface area contributed by atoms with Crippen LogP contribution in [0.4, 0.5) is 0 Å². The van der Waals surface area contributed by atoms with Crippen LogP contribution < -0.4 is 0 Å². The minimum Gasteiger partial charge on any atom is -0.382 e. The molecule has 1 saturated heterocycles. The average molecular weight is 170 g/mol. The first-order valence-electron chi connectivity index (χ1n) is 4.13. The molecule has 1 fully saturated rings. The van der Waals surface area contributed by atoms with Crippen LogP contribution in [0, 0.1) is 5.92 Å². The maximum atomic E-state index is 5.70. The first-order valence-corrected chi connectivity index (χ1v) is 4.13. The van der Waals surface area contributed by atoms with Crippen molar-refractivity contribution in [3.05, 3.63) is 0 Å². The Labute approximate surface area is 74.8 Å². The molecule has 0 aliphatic carbocycles. The zero-order valence-electron chi connectivity index (χ0n) is 7.82. The van der Waals surface area contributed by atoms with E-state index in [2.05, 4.69) is 6.92 Å². The van der Waals surface area contributed by atoms with Crippen molar-refractivity contribution in [2.45, 2.75) is 25.1 Å². The Kier molecular flexibility index (Phi) is 3.56. The van der Waals surface area contributed by atoms with E-state index in [-0.39, 0.29) is 18.2 Å². The second-order valence-electron chi connectivity index (χ2n) is 3.15. The average Bonchev–Trinajstić information content (AvgIpc) is 2.29. The number of hydrogen-bond donors (Lipinski definition) is 0. The monoisotopic (exact) mass is 170 g/mol. The molecule has 1 aliphatic rings. The smallest absolute Gasteiger partial charge is 0.112 e. The van der Waals surface area contributed by atoms with Gasteiger partial charge in [-0.25, -0.2) is 0 Å². The summed E-state index contributed by atoms with van der Waals surface area (Å²) in [6.07, 6.45) is 0.0556. The van der Waals surface area contributed by atoms with Crippen LogP contribution >= 0.6 is 0 Å². The fourth-order valence-electron chi connectivity index (χ4n) is 1.62. The van der Waals surface area contributed by atoms with Gasteiger partial charge in [0, 0.05) is 26.1 Å². The van der Waals surface area contributed by atoms with E-state index >= 15 is 0 Å². The van der Waals surface area contributed by atoms with Crippen molar-refractivity contribution in [3.8, 4) is 0 Å². The predicted molar refractivity (Wildman–Crippen MR) is 46.3 cm³/mol. The minimum absolute atomic E-state index is 0.00912. The molecule has 0 amide bonds. The lowest BCUT2D eigenvalue weighted by Crippen LogP contribution is -2.28. The molecule has 0 aromatic carbocycles. The van der Waals surface area contributed by atoms with Crippen LogP contribution in [-0.2, 0) is 14.2 Å². The van der Waals surface area contributed by atoms with Crippen molar-refractivity contribution in [3.63, 3.8) is 0 Å². The fraction of sp³-hybridized carbons (Fsp3) is 1.00. The summed E-state index contributed by atoms with van der Waals surface area (Å²) >= 11 is 0. The molecule has 0 aromatic rings. The topological polar surface area (TPSA) is 27.7 Å². The molecule has 0 saturated carbocycles. The van der Waals surface area contributed by atoms with E-state index in [4.69, 9.17) is 22.1 Å². The molecule has 12 heavy (non-hydrogen) atoms. The summed E-state index contributed by atoms with van der Waals surface area (Å²) in [5, 5.41) is 0. The Balaban J connectivity index is 2.49. The molecule has 68 valence electrons. The quantitative estimate of drug-likeness (QED) is 0.565. The standard InChI is InChI=1S/C8H15BO3/c1-5-6(4-10-2)12-8(9)7(5)11-3/h5-8H,4H2,1-3H3/t5?,6-,7?,8-/m1/s1. The van der Waals surface area contributed by atoms with Gasteiger partial charge >= 0.3 is 0 Å². The number of rotatable bonds is 3. The van der Waals surface area contributed by atoms with Gasteiger partial charge in [0.05, 0.1) is 18.8 Å². The molecule has 0 aromatic heterocycles. The van der Waals surface area contributed by atoms with Gasteiger partial charge in [0.1, 0.15) is 7.85 Å². The first-order chi connectivity index (χ1) is 5.70. The molecule has 4 atom stereocenters. The third-order valence-corrected chi connectivity index (χ3v) is 2.36. The molecule has 0 N–H and O–H groups in total. The van der Waals surface area contributed by atoms with Crippen molar-refractivity contribution in [2.75, 3.05) is 20.8 Å². The van der Waals surface area contributed by atoms with Crippen molar-refractivity contribution < 1.29 is 14.2 Å². The van der Waals surface area contributed by atoms with Crippen LogP contribution in [0.15, 0.2) is 0 Å². The molecular formula is C8H15BO3. The van der Waals surface area contributed by atoms with Crippen LogP contribution in [0.3, 0.4) is 0 Å². The van der Waals surface area contributed by atoms with Crippen molar-refractivity contribution in [1.82, 2.24) is 0 Å². The summed E-state index contributed by atoms with van der Waals surface area (Å²) in [6.45, 7) is 2.64. The molecule has 3 nitrogen and oxygen atoms in total. The molecule has 4 heteroatoms. The Morgan fingerprint density at radius 3 is 2.50 bits per heavy atom. The van der Waals surface area contributed by atoms with Gasteiger partial charge in [-0.2, -0.15) is 0 Å². The van der Waals surface area contributed by atoms with E-state index < -0.39 is 0 Å². The van der Waals surface area contributed by atoms with Gasteiger partial charge in [0.2, 0.25) is 0 Å². The van der Waals surface area contributed by atoms with Crippen molar-refractivity contribution >= 4 is 7.85 Å². The molecule has 2 radical (unpaired) electrons. The Morgan fingerprint density at radius 1 is 1.42 bits per heavy atom. The Bertz CT molecular complexity index is 142. The summed E-state index contributed by atoms with van der Waals surface area (Å²) in [6, 6.07) is -0.315. The summed E-state index contributed by atoms with van der Waals surface area (Å²) in [5.41, 5.74) is 0. The minimum atomic E-state index is -0.315. The van der Waals surface area contributed by atoms with Gasteiger partial charge in [-0.15, -0.1) is 0 Å². The fourth-order valence-corrected chi connectivity index (χ4v) is 1.62. The van der Waals surface area contributed by atoms with Gasteiger partial charge in [-0.05, 0) is 0 Å². The molecule has 2 unspecified atom stereocenters. The van der Waals surface area contributed by atoms with Gasteiger partial charge in [0.15, 0.2) is 0 Å². The van der Waals surface area contributed by atoms with Crippen molar-refractivity contribution in [1.29, 1.82) is 0 Å². The first kappa shape index (κ1) is 10.0. The van der Waals surface area contributed by atoms with Crippen LogP contribution in [-0.4, -0.2) is 46.9 Å². The molecule has 1 heterocycles. The Hall–Kier alpha value is -0.0551. The largest absolute Gasteiger partial charge is 0.382 e. The van der Waals surface area contributed by atoms with Gasteiger partial charge < -0.3 is 14.2 Å². The molecule has 1 rings (SSSR count). The van der Waals surface area contributed by atoms with E-state index in [1.807, 2.05) is 0 Å². The van der Waals surface area contributed by atoms with Gasteiger partial charge in [0.25, 0.3) is 0 Å². The predicted octanol–water partition coefficient (Wildman–Crippen LogP) is 0.177. The number of hydrogen-bond acceptors (Lipinski definition) is 3. The van der Waals surface area contributed by atoms with Crippen LogP contribution in [0.5, 0.6) is 0 Å². The zero-order valence-corrected chi connectivity index (χ0v) is 7.82. The van der Waals surface area contributed by atoms with E-state index in [0.29, 0.717) is 12.5 Å². The van der Waals surface area contributed by atoms with E-state index in [1.54, 1.807) is 14.2 Å². The lowest BCUT2D eigenvalue weighted by molar-refractivity contribution is 0.00776. The summed E-state index contributed by atoms with van der Waals surface area (Å²) < 4.78 is 15.7. The molecular weight excluding hydrogens is 155 g/mol. The summed E-state index contributed by atoms with van der Waals surface area (Å²) in [7, 11) is 9.00. The van der Waals surface area contributed by atoms with Crippen LogP contribution in [0.1, 0.15) is 6.92 Å². The zero-order chi connectivity index (χ0) is 9.14. The third-order valence-electron chi connectivity index (χ3n) is 2.36. The van der Waals surface area contributed by atoms with Gasteiger partial charge in [-0.1, -0.05) is 6.92 Å². The van der Waals surface area contributed by atoms with Crippen LogP contribution in [0.2, 0.25) is 0 Å². The molecule has 1 aliphatic heterocycles. The van der Waals surface area contributed by atoms with E-state index in [0.717, 1.165) is 0 Å². The number of methoxy groups -OCH3 is 2. The SMILES string of the molecule is [B][C@@H]1O[C@H](COC)C(C)C1OC. The van der Waals surface area contributed by atoms with Gasteiger partial charge in [-0.3, -0.25) is 0 Å². The highest BCUT2D eigenvalue weighted by atomic mass is 16.6. The van der Waals surface area contributed by atoms with Crippen LogP contribution in [0.25, 0.3) is 0 Å². The Morgan fingerprint density at radius 2 is 2.08 bits per heavy atom. The summed E-state index contributed by atoms with van der Waals surface area (Å²) in [5.74, 6) is 0.296. The third kappa shape index (κ3) is 1.81. The molecule has 0 bridgehead atoms. The maximum Gasteiger partial charge on any atom is 0.112 e.